The van der Waals surface area contributed by atoms with Crippen molar-refractivity contribution >= 4 is 15.8 Å². The summed E-state index contributed by atoms with van der Waals surface area (Å²) in [4.78, 5) is 7.11. The molecule has 2 rings (SSSR count). The van der Waals surface area contributed by atoms with Gasteiger partial charge in [-0.1, -0.05) is 20.8 Å². The molecule has 1 N–H and O–H groups in total. The first-order chi connectivity index (χ1) is 10.4. The van der Waals surface area contributed by atoms with E-state index in [-0.39, 0.29) is 5.92 Å². The molecule has 0 aromatic carbocycles. The van der Waals surface area contributed by atoms with Crippen molar-refractivity contribution in [2.75, 3.05) is 37.7 Å². The molecule has 2 aliphatic rings. The number of hydrogen-bond acceptors (Lipinski definition) is 3. The molecule has 0 aliphatic carbocycles. The van der Waals surface area contributed by atoms with Gasteiger partial charge in [-0.15, -0.1) is 0 Å². The molecular weight excluding hydrogens is 298 g/mol. The minimum Gasteiger partial charge on any atom is -0.356 e. The van der Waals surface area contributed by atoms with Crippen molar-refractivity contribution in [2.45, 2.75) is 46.5 Å². The highest BCUT2D eigenvalue weighted by molar-refractivity contribution is 7.91. The van der Waals surface area contributed by atoms with Crippen molar-refractivity contribution < 1.29 is 8.42 Å². The molecule has 0 aromatic rings. The highest BCUT2D eigenvalue weighted by Crippen LogP contribution is 2.33. The summed E-state index contributed by atoms with van der Waals surface area (Å²) in [6, 6.07) is 0. The van der Waals surface area contributed by atoms with Crippen LogP contribution in [-0.4, -0.2) is 57.0 Å². The van der Waals surface area contributed by atoms with Gasteiger partial charge in [-0.25, -0.2) is 8.42 Å². The van der Waals surface area contributed by atoms with Crippen LogP contribution in [0.5, 0.6) is 0 Å². The monoisotopic (exact) mass is 329 g/mol. The first-order valence-corrected chi connectivity index (χ1v) is 10.4. The van der Waals surface area contributed by atoms with Crippen molar-refractivity contribution in [1.82, 2.24) is 10.2 Å². The Kier molecular flexibility index (Phi) is 5.75. The molecule has 128 valence electrons. The maximum atomic E-state index is 11.6. The molecule has 2 atom stereocenters. The van der Waals surface area contributed by atoms with Gasteiger partial charge in [-0.3, -0.25) is 4.99 Å². The van der Waals surface area contributed by atoms with Gasteiger partial charge in [0.15, 0.2) is 15.8 Å². The summed E-state index contributed by atoms with van der Waals surface area (Å²) in [5, 5.41) is 3.44. The van der Waals surface area contributed by atoms with E-state index in [0.717, 1.165) is 38.4 Å². The number of likely N-dealkylation sites (tertiary alicyclic amines) is 1. The van der Waals surface area contributed by atoms with Crippen molar-refractivity contribution in [1.29, 1.82) is 0 Å². The third kappa shape index (κ3) is 4.61. The number of sulfone groups is 1. The average Bonchev–Trinajstić information content (AvgIpc) is 3.03. The first kappa shape index (κ1) is 17.6. The van der Waals surface area contributed by atoms with Crippen LogP contribution >= 0.6 is 0 Å². The highest BCUT2D eigenvalue weighted by Gasteiger charge is 2.34. The van der Waals surface area contributed by atoms with E-state index in [1.165, 1.54) is 12.8 Å². The van der Waals surface area contributed by atoms with Crippen LogP contribution in [0, 0.1) is 11.3 Å². The largest absolute Gasteiger partial charge is 0.356 e. The van der Waals surface area contributed by atoms with Gasteiger partial charge in [0, 0.05) is 26.2 Å². The molecule has 6 heteroatoms. The molecule has 0 aromatic heterocycles. The SMILES string of the molecule is CCCNC(=NCC1CCS(=O)(=O)C1)N1CCC(C)(CC)C1. The van der Waals surface area contributed by atoms with Gasteiger partial charge < -0.3 is 10.2 Å². The summed E-state index contributed by atoms with van der Waals surface area (Å²) >= 11 is 0. The first-order valence-electron chi connectivity index (χ1n) is 8.61. The Morgan fingerprint density at radius 1 is 1.41 bits per heavy atom. The zero-order chi connectivity index (χ0) is 16.2. The van der Waals surface area contributed by atoms with E-state index >= 15 is 0 Å². The van der Waals surface area contributed by atoms with E-state index in [1.807, 2.05) is 0 Å². The van der Waals surface area contributed by atoms with Crippen LogP contribution in [0.3, 0.4) is 0 Å². The summed E-state index contributed by atoms with van der Waals surface area (Å²) in [7, 11) is -2.81. The van der Waals surface area contributed by atoms with E-state index in [0.29, 0.717) is 23.5 Å². The Bertz CT molecular complexity index is 504. The Morgan fingerprint density at radius 2 is 2.18 bits per heavy atom. The maximum absolute atomic E-state index is 11.6. The predicted octanol–water partition coefficient (Wildman–Crippen LogP) is 1.90. The molecule has 2 fully saturated rings. The van der Waals surface area contributed by atoms with Crippen LogP contribution in [0.25, 0.3) is 0 Å². The molecule has 2 unspecified atom stereocenters. The van der Waals surface area contributed by atoms with E-state index in [1.54, 1.807) is 0 Å². The van der Waals surface area contributed by atoms with Gasteiger partial charge in [0.05, 0.1) is 11.5 Å². The van der Waals surface area contributed by atoms with E-state index in [4.69, 9.17) is 4.99 Å². The zero-order valence-electron chi connectivity index (χ0n) is 14.3. The summed E-state index contributed by atoms with van der Waals surface area (Å²) in [6.07, 6.45) is 4.22. The minimum absolute atomic E-state index is 0.198. The summed E-state index contributed by atoms with van der Waals surface area (Å²) < 4.78 is 23.1. The van der Waals surface area contributed by atoms with Crippen LogP contribution in [0.1, 0.15) is 46.5 Å². The summed E-state index contributed by atoms with van der Waals surface area (Å²) in [5.74, 6) is 1.82. The van der Waals surface area contributed by atoms with E-state index in [9.17, 15) is 8.42 Å². The van der Waals surface area contributed by atoms with Crippen molar-refractivity contribution in [3.63, 3.8) is 0 Å². The topological polar surface area (TPSA) is 61.8 Å². The van der Waals surface area contributed by atoms with Gasteiger partial charge in [-0.05, 0) is 37.0 Å². The van der Waals surface area contributed by atoms with Crippen molar-refractivity contribution in [3.05, 3.63) is 0 Å². The van der Waals surface area contributed by atoms with Crippen LogP contribution in [0.2, 0.25) is 0 Å². The average molecular weight is 330 g/mol. The molecule has 22 heavy (non-hydrogen) atoms. The third-order valence-corrected chi connectivity index (χ3v) is 6.91. The lowest BCUT2D eigenvalue weighted by Crippen LogP contribution is -2.41. The summed E-state index contributed by atoms with van der Waals surface area (Å²) in [6.45, 7) is 10.4. The van der Waals surface area contributed by atoms with Crippen molar-refractivity contribution in [2.24, 2.45) is 16.3 Å². The van der Waals surface area contributed by atoms with E-state index < -0.39 is 9.84 Å². The van der Waals surface area contributed by atoms with Gasteiger partial charge in [-0.2, -0.15) is 0 Å². The second-order valence-corrected chi connectivity index (χ2v) is 9.42. The molecule has 2 aliphatic heterocycles. The number of aliphatic imine (C=N–C) groups is 1. The molecule has 2 saturated heterocycles. The minimum atomic E-state index is -2.81. The Hall–Kier alpha value is -0.780. The molecule has 0 saturated carbocycles. The second kappa shape index (κ2) is 7.20. The highest BCUT2D eigenvalue weighted by atomic mass is 32.2. The molecule has 0 amide bonds. The third-order valence-electron chi connectivity index (χ3n) is 5.07. The van der Waals surface area contributed by atoms with Crippen LogP contribution in [-0.2, 0) is 9.84 Å². The van der Waals surface area contributed by atoms with Crippen LogP contribution in [0.4, 0.5) is 0 Å². The lowest BCUT2D eigenvalue weighted by atomic mass is 9.87. The molecule has 0 radical (unpaired) electrons. The lowest BCUT2D eigenvalue weighted by Gasteiger charge is -2.26. The molecular formula is C16H31N3O2S. The lowest BCUT2D eigenvalue weighted by molar-refractivity contribution is 0.321. The Morgan fingerprint density at radius 3 is 2.73 bits per heavy atom. The van der Waals surface area contributed by atoms with Crippen LogP contribution in [0.15, 0.2) is 4.99 Å². The predicted molar refractivity (Wildman–Crippen MR) is 91.9 cm³/mol. The quantitative estimate of drug-likeness (QED) is 0.618. The van der Waals surface area contributed by atoms with Gasteiger partial charge in [0.1, 0.15) is 0 Å². The number of hydrogen-bond donors (Lipinski definition) is 1. The molecule has 5 nitrogen and oxygen atoms in total. The smallest absolute Gasteiger partial charge is 0.193 e. The number of nitrogens with zero attached hydrogens (tertiary/aromatic N) is 2. The standard InChI is InChI=1S/C16H31N3O2S/c1-4-8-17-15(19-9-7-16(3,5-2)13-19)18-11-14-6-10-22(20,21)12-14/h14H,4-13H2,1-3H3,(H,17,18). The van der Waals surface area contributed by atoms with Crippen molar-refractivity contribution in [3.8, 4) is 0 Å². The van der Waals surface area contributed by atoms with Gasteiger partial charge in [0.2, 0.25) is 0 Å². The molecule has 0 spiro atoms. The second-order valence-electron chi connectivity index (χ2n) is 7.20. The number of guanidine groups is 1. The fraction of sp³-hybridized carbons (Fsp3) is 0.938. The number of rotatable bonds is 5. The maximum Gasteiger partial charge on any atom is 0.193 e. The summed E-state index contributed by atoms with van der Waals surface area (Å²) in [5.41, 5.74) is 0.380. The van der Waals surface area contributed by atoms with Gasteiger partial charge >= 0.3 is 0 Å². The van der Waals surface area contributed by atoms with Gasteiger partial charge in [0.25, 0.3) is 0 Å². The molecule has 2 heterocycles. The Labute approximate surface area is 135 Å². The normalized spacial score (nSPS) is 31.7. The Balaban J connectivity index is 1.98. The zero-order valence-corrected chi connectivity index (χ0v) is 15.1. The number of nitrogens with one attached hydrogen (secondary N) is 1. The van der Waals surface area contributed by atoms with Crippen LogP contribution < -0.4 is 5.32 Å². The van der Waals surface area contributed by atoms with E-state index in [2.05, 4.69) is 31.0 Å². The fourth-order valence-electron chi connectivity index (χ4n) is 3.23. The fourth-order valence-corrected chi connectivity index (χ4v) is 5.08. The molecule has 0 bridgehead atoms.